The largest absolute Gasteiger partial charge is 0.394 e. The molecule has 6 heteroatoms. The van der Waals surface area contributed by atoms with Crippen LogP contribution in [0.25, 0.3) is 0 Å². The summed E-state index contributed by atoms with van der Waals surface area (Å²) in [7, 11) is 0. The van der Waals surface area contributed by atoms with Gasteiger partial charge in [0.15, 0.2) is 0 Å². The number of hydrogen-bond acceptors (Lipinski definition) is 5. The summed E-state index contributed by atoms with van der Waals surface area (Å²) in [5, 5.41) is 40.3. The molecule has 5 N–H and O–H groups in total. The van der Waals surface area contributed by atoms with Crippen molar-refractivity contribution in [1.82, 2.24) is 0 Å². The summed E-state index contributed by atoms with van der Waals surface area (Å²) in [6.45, 7) is 17.2. The summed E-state index contributed by atoms with van der Waals surface area (Å²) in [5.41, 5.74) is 0. The molecule has 0 heterocycles. The number of aliphatic hydroxyl groups excluding tert-OH is 5. The van der Waals surface area contributed by atoms with Gasteiger partial charge in [0.1, 0.15) is 0 Å². The molecule has 0 fully saturated rings. The van der Waals surface area contributed by atoms with E-state index >= 15 is 0 Å². The summed E-state index contributed by atoms with van der Waals surface area (Å²) >= 11 is 0. The third-order valence-electron chi connectivity index (χ3n) is 0. The Morgan fingerprint density at radius 1 is 0.333 bits per heavy atom. The van der Waals surface area contributed by atoms with Gasteiger partial charge in [0.05, 0.1) is 0 Å². The zero-order chi connectivity index (χ0) is 17.9. The Hall–Kier alpha value is 0.670. The normalized spacial score (nSPS) is 8.57. The van der Waals surface area contributed by atoms with Gasteiger partial charge in [-0.15, -0.1) is 0 Å². The summed E-state index contributed by atoms with van der Waals surface area (Å²) in [6.07, 6.45) is -0.833. The van der Waals surface area contributed by atoms with E-state index in [0.717, 1.165) is 0 Å². The molecule has 0 atom stereocenters. The summed E-state index contributed by atoms with van der Waals surface area (Å²) < 4.78 is 0. The van der Waals surface area contributed by atoms with Gasteiger partial charge in [0, 0.05) is 56.4 Å². The summed E-state index contributed by atoms with van der Waals surface area (Å²) in [4.78, 5) is 0. The minimum atomic E-state index is -0.167. The second kappa shape index (κ2) is 32.6. The zero-order valence-electron chi connectivity index (χ0n) is 15.6. The van der Waals surface area contributed by atoms with E-state index in [2.05, 4.69) is 0 Å². The second-order valence-corrected chi connectivity index (χ2v) is 5.47. The molecule has 0 aliphatic heterocycles. The molecule has 0 radical (unpaired) electrons. The molecule has 134 valence electrons. The summed E-state index contributed by atoms with van der Waals surface area (Å²) in [6, 6.07) is 0. The molecule has 5 nitrogen and oxygen atoms in total. The van der Waals surface area contributed by atoms with Gasteiger partial charge >= 0.3 is 0 Å². The Morgan fingerprint density at radius 3 is 0.333 bits per heavy atom. The van der Waals surface area contributed by atoms with E-state index < -0.39 is 0 Å². The van der Waals surface area contributed by atoms with Crippen molar-refractivity contribution >= 4 is 0 Å². The molecule has 0 rings (SSSR count). The molecule has 0 saturated carbocycles. The molecule has 0 bridgehead atoms. The Morgan fingerprint density at radius 2 is 0.333 bits per heavy atom. The molecule has 0 aliphatic carbocycles. The van der Waals surface area contributed by atoms with Gasteiger partial charge in [-0.3, -0.25) is 0 Å². The van der Waals surface area contributed by atoms with Crippen LogP contribution in [-0.2, 0) is 25.8 Å². The molecule has 0 aromatic carbocycles. The van der Waals surface area contributed by atoms with Crippen LogP contribution in [0.5, 0.6) is 0 Å². The van der Waals surface area contributed by atoms with Crippen LogP contribution in [0.3, 0.4) is 0 Å². The van der Waals surface area contributed by atoms with Crippen LogP contribution in [0.1, 0.15) is 69.2 Å². The number of hydrogen-bond donors (Lipinski definition) is 5. The maximum atomic E-state index is 8.06. The van der Waals surface area contributed by atoms with E-state index in [0.29, 0.717) is 0 Å². The average molecular weight is 479 g/mol. The molecule has 0 aromatic heterocycles. The first-order valence-corrected chi connectivity index (χ1v) is 7.06. The van der Waals surface area contributed by atoms with Crippen LogP contribution >= 0.6 is 0 Å². The predicted octanol–water partition coefficient (Wildman–Crippen LogP) is 1.93. The fraction of sp³-hybridized carbons (Fsp3) is 1.00. The van der Waals surface area contributed by atoms with E-state index in [4.69, 9.17) is 25.5 Å². The molecule has 21 heavy (non-hydrogen) atoms. The minimum absolute atomic E-state index is 0. The van der Waals surface area contributed by atoms with Crippen LogP contribution in [0.2, 0.25) is 0 Å². The Kier molecular flexibility index (Phi) is 58.5. The van der Waals surface area contributed by atoms with Crippen molar-refractivity contribution in [3.8, 4) is 0 Å². The third-order valence-corrected chi connectivity index (χ3v) is 0. The topological polar surface area (TPSA) is 101 Å². The maximum Gasteiger partial charge on any atom is 0.0483 e. The molecule has 0 spiro atoms. The fourth-order valence-electron chi connectivity index (χ4n) is 0. The van der Waals surface area contributed by atoms with Gasteiger partial charge in [-0.25, -0.2) is 0 Å². The smallest absolute Gasteiger partial charge is 0.0483 e. The van der Waals surface area contributed by atoms with Crippen molar-refractivity contribution in [2.24, 2.45) is 0 Å². The zero-order valence-corrected chi connectivity index (χ0v) is 19.2. The third kappa shape index (κ3) is 16000. The van der Waals surface area contributed by atoms with Gasteiger partial charge in [-0.1, -0.05) is 0 Å². The van der Waals surface area contributed by atoms with Crippen LogP contribution in [0.15, 0.2) is 0 Å². The molecule has 0 aromatic rings. The second-order valence-electron chi connectivity index (χ2n) is 5.47. The van der Waals surface area contributed by atoms with Crippen LogP contribution < -0.4 is 0 Å². The Bertz CT molecular complexity index is 80.6. The molecule has 0 unspecified atom stereocenters. The van der Waals surface area contributed by atoms with E-state index in [-0.39, 0.29) is 56.4 Å². The molecule has 0 saturated heterocycles. The van der Waals surface area contributed by atoms with E-state index in [1.54, 1.807) is 69.2 Å². The van der Waals surface area contributed by atoms with Gasteiger partial charge in [0.2, 0.25) is 0 Å². The first kappa shape index (κ1) is 37.7. The Balaban J connectivity index is -0.0000000331. The monoisotopic (exact) mass is 480 g/mol. The van der Waals surface area contributed by atoms with Crippen molar-refractivity contribution in [3.05, 3.63) is 0 Å². The summed E-state index contributed by atoms with van der Waals surface area (Å²) in [5.74, 6) is 0. The van der Waals surface area contributed by atoms with Crippen molar-refractivity contribution in [3.63, 3.8) is 0 Å². The number of aliphatic hydroxyl groups is 5. The molecule has 0 amide bonds. The quantitative estimate of drug-likeness (QED) is 0.342. The Labute approximate surface area is 151 Å². The van der Waals surface area contributed by atoms with Gasteiger partial charge in [0.25, 0.3) is 0 Å². The number of rotatable bonds is 0. The first-order chi connectivity index (χ1) is 8.66. The van der Waals surface area contributed by atoms with E-state index in [1.807, 2.05) is 0 Å². The molecule has 0 aliphatic rings. The van der Waals surface area contributed by atoms with Crippen LogP contribution in [0.4, 0.5) is 0 Å². The minimum Gasteiger partial charge on any atom is -0.394 e. The van der Waals surface area contributed by atoms with Crippen molar-refractivity contribution < 1.29 is 51.4 Å². The van der Waals surface area contributed by atoms with Crippen LogP contribution in [-0.4, -0.2) is 56.1 Å². The predicted molar refractivity (Wildman–Crippen MR) is 86.8 cm³/mol. The van der Waals surface area contributed by atoms with Crippen molar-refractivity contribution in [1.29, 1.82) is 0 Å². The fourth-order valence-corrected chi connectivity index (χ4v) is 0. The SMILES string of the molecule is CC(C)O.CC(C)O.CC(C)O.CC(C)O.CC(C)O.[Hf]. The van der Waals surface area contributed by atoms with Crippen LogP contribution in [0, 0.1) is 0 Å². The standard InChI is InChI=1S/5C3H8O.Hf/c5*1-3(2)4;/h5*3-4H,1-2H3;. The van der Waals surface area contributed by atoms with E-state index in [9.17, 15) is 0 Å². The molecular weight excluding hydrogens is 439 g/mol. The first-order valence-electron chi connectivity index (χ1n) is 7.06. The molecular formula is C15H40HfO5. The van der Waals surface area contributed by atoms with Gasteiger partial charge < -0.3 is 25.5 Å². The van der Waals surface area contributed by atoms with Gasteiger partial charge in [-0.05, 0) is 69.2 Å². The van der Waals surface area contributed by atoms with Crippen molar-refractivity contribution in [2.45, 2.75) is 99.8 Å². The van der Waals surface area contributed by atoms with E-state index in [1.165, 1.54) is 0 Å². The van der Waals surface area contributed by atoms with Crippen molar-refractivity contribution in [2.75, 3.05) is 0 Å². The average Bonchev–Trinajstić information content (AvgIpc) is 1.94. The van der Waals surface area contributed by atoms with Gasteiger partial charge in [-0.2, -0.15) is 0 Å². The maximum absolute atomic E-state index is 8.06.